The number of anilines is 2. The average molecular weight is 504 g/mol. The van der Waals surface area contributed by atoms with Crippen LogP contribution in [-0.4, -0.2) is 52.7 Å². The van der Waals surface area contributed by atoms with Gasteiger partial charge in [0.2, 0.25) is 11.9 Å². The van der Waals surface area contributed by atoms with Gasteiger partial charge in [-0.25, -0.2) is 4.79 Å². The zero-order chi connectivity index (χ0) is 24.2. The standard InChI is InChI=1S/C22H25N5O5S2/c1-4-14(27-21(23)25-26-22(27)33-5-2)18(28)24-19-17(20(29)30-3)13(11-34-19)12-6-7-15-16(10-12)32-9-8-31-15/h6-7,10-11,14H,4-5,8-9H2,1-3H3,(H2,23,25)(H,24,28). The maximum atomic E-state index is 13.3. The van der Waals surface area contributed by atoms with Crippen LogP contribution in [0.2, 0.25) is 0 Å². The first kappa shape index (κ1) is 23.9. The van der Waals surface area contributed by atoms with E-state index in [1.807, 2.05) is 26.0 Å². The molecule has 0 saturated carbocycles. The fraction of sp³-hybridized carbons (Fsp3) is 0.364. The number of rotatable bonds is 8. The highest BCUT2D eigenvalue weighted by Crippen LogP contribution is 2.41. The maximum absolute atomic E-state index is 13.3. The summed E-state index contributed by atoms with van der Waals surface area (Å²) in [5.41, 5.74) is 7.66. The molecule has 3 N–H and O–H groups in total. The number of hydrogen-bond acceptors (Lipinski definition) is 10. The van der Waals surface area contributed by atoms with Crippen molar-refractivity contribution >= 4 is 45.9 Å². The van der Waals surface area contributed by atoms with Gasteiger partial charge in [0.1, 0.15) is 29.8 Å². The zero-order valence-corrected chi connectivity index (χ0v) is 20.6. The molecule has 1 amide bonds. The van der Waals surface area contributed by atoms with Crippen molar-refractivity contribution in [3.63, 3.8) is 0 Å². The summed E-state index contributed by atoms with van der Waals surface area (Å²) in [7, 11) is 1.31. The molecule has 0 spiro atoms. The number of amides is 1. The number of ether oxygens (including phenoxy) is 3. The van der Waals surface area contributed by atoms with Crippen molar-refractivity contribution in [2.45, 2.75) is 31.5 Å². The van der Waals surface area contributed by atoms with Crippen LogP contribution in [0.25, 0.3) is 11.1 Å². The topological polar surface area (TPSA) is 131 Å². The first-order valence-electron chi connectivity index (χ1n) is 10.7. The summed E-state index contributed by atoms with van der Waals surface area (Å²) < 4.78 is 17.9. The molecule has 1 atom stereocenters. The zero-order valence-electron chi connectivity index (χ0n) is 19.0. The van der Waals surface area contributed by atoms with Crippen LogP contribution in [0.4, 0.5) is 10.9 Å². The van der Waals surface area contributed by atoms with Gasteiger partial charge in [0.05, 0.1) is 7.11 Å². The number of methoxy groups -OCH3 is 1. The molecular formula is C22H25N5O5S2. The Hall–Kier alpha value is -3.25. The minimum atomic E-state index is -0.644. The summed E-state index contributed by atoms with van der Waals surface area (Å²) in [6.07, 6.45) is 0.458. The number of esters is 1. The average Bonchev–Trinajstić information content (AvgIpc) is 3.43. The van der Waals surface area contributed by atoms with E-state index in [1.54, 1.807) is 16.0 Å². The van der Waals surface area contributed by atoms with E-state index >= 15 is 0 Å². The van der Waals surface area contributed by atoms with Crippen molar-refractivity contribution < 1.29 is 23.8 Å². The number of nitrogens with two attached hydrogens (primary N) is 1. The second-order valence-electron chi connectivity index (χ2n) is 7.26. The van der Waals surface area contributed by atoms with Gasteiger partial charge in [-0.2, -0.15) is 0 Å². The first-order valence-corrected chi connectivity index (χ1v) is 12.6. The van der Waals surface area contributed by atoms with Crippen molar-refractivity contribution in [2.24, 2.45) is 0 Å². The lowest BCUT2D eigenvalue weighted by molar-refractivity contribution is -0.119. The third-order valence-corrected chi connectivity index (χ3v) is 6.96. The smallest absolute Gasteiger partial charge is 0.341 e. The van der Waals surface area contributed by atoms with Crippen LogP contribution in [0.5, 0.6) is 11.5 Å². The van der Waals surface area contributed by atoms with Gasteiger partial charge >= 0.3 is 5.97 Å². The van der Waals surface area contributed by atoms with Gasteiger partial charge < -0.3 is 25.3 Å². The summed E-state index contributed by atoms with van der Waals surface area (Å²) in [5, 5.41) is 13.7. The number of carbonyl (C=O) groups is 2. The number of aromatic nitrogens is 3. The molecule has 2 aromatic heterocycles. The fourth-order valence-corrected chi connectivity index (χ4v) is 5.34. The molecule has 3 heterocycles. The van der Waals surface area contributed by atoms with Crippen molar-refractivity contribution in [3.8, 4) is 22.6 Å². The molecule has 12 heteroatoms. The SMILES string of the molecule is CCSc1nnc(N)n1C(CC)C(=O)Nc1scc(-c2ccc3c(c2)OCCO3)c1C(=O)OC. The van der Waals surface area contributed by atoms with Crippen LogP contribution in [0, 0.1) is 0 Å². The van der Waals surface area contributed by atoms with Gasteiger partial charge in [0.25, 0.3) is 0 Å². The fourth-order valence-electron chi connectivity index (χ4n) is 3.67. The Kier molecular flexibility index (Phi) is 7.27. The van der Waals surface area contributed by atoms with Crippen LogP contribution in [0.3, 0.4) is 0 Å². The number of benzene rings is 1. The number of nitrogen functional groups attached to an aromatic ring is 1. The number of hydrogen-bond donors (Lipinski definition) is 2. The van der Waals surface area contributed by atoms with Gasteiger partial charge in [-0.15, -0.1) is 21.5 Å². The molecule has 0 fully saturated rings. The molecular weight excluding hydrogens is 478 g/mol. The highest BCUT2D eigenvalue weighted by atomic mass is 32.2. The lowest BCUT2D eigenvalue weighted by Crippen LogP contribution is -2.27. The van der Waals surface area contributed by atoms with Gasteiger partial charge in [0.15, 0.2) is 16.7 Å². The maximum Gasteiger partial charge on any atom is 0.341 e. The number of thiophene rings is 1. The van der Waals surface area contributed by atoms with Crippen molar-refractivity contribution in [3.05, 3.63) is 29.1 Å². The molecule has 0 saturated heterocycles. The summed E-state index contributed by atoms with van der Waals surface area (Å²) in [6, 6.07) is 4.81. The van der Waals surface area contributed by atoms with E-state index < -0.39 is 12.0 Å². The molecule has 1 aromatic carbocycles. The first-order chi connectivity index (χ1) is 16.5. The summed E-state index contributed by atoms with van der Waals surface area (Å²) in [6.45, 7) is 4.80. The number of carbonyl (C=O) groups excluding carboxylic acids is 2. The van der Waals surface area contributed by atoms with Crippen LogP contribution in [0.15, 0.2) is 28.7 Å². The van der Waals surface area contributed by atoms with Crippen molar-refractivity contribution in [1.82, 2.24) is 14.8 Å². The van der Waals surface area contributed by atoms with E-state index in [0.717, 1.165) is 11.3 Å². The van der Waals surface area contributed by atoms with Gasteiger partial charge in [-0.05, 0) is 29.9 Å². The molecule has 0 bridgehead atoms. The number of thioether (sulfide) groups is 1. The lowest BCUT2D eigenvalue weighted by Gasteiger charge is -2.19. The quantitative estimate of drug-likeness (QED) is 0.348. The van der Waals surface area contributed by atoms with E-state index in [2.05, 4.69) is 15.5 Å². The van der Waals surface area contributed by atoms with Gasteiger partial charge in [0, 0.05) is 10.9 Å². The minimum Gasteiger partial charge on any atom is -0.486 e. The molecule has 0 aliphatic carbocycles. The lowest BCUT2D eigenvalue weighted by atomic mass is 10.0. The van der Waals surface area contributed by atoms with E-state index in [0.29, 0.717) is 46.9 Å². The molecule has 10 nitrogen and oxygen atoms in total. The van der Waals surface area contributed by atoms with E-state index in [4.69, 9.17) is 19.9 Å². The summed E-state index contributed by atoms with van der Waals surface area (Å²) >= 11 is 2.69. The minimum absolute atomic E-state index is 0.161. The molecule has 4 rings (SSSR count). The van der Waals surface area contributed by atoms with E-state index in [1.165, 1.54) is 30.2 Å². The van der Waals surface area contributed by atoms with Gasteiger partial charge in [-0.3, -0.25) is 9.36 Å². The monoisotopic (exact) mass is 503 g/mol. The Morgan fingerprint density at radius 3 is 2.74 bits per heavy atom. The molecule has 180 valence electrons. The molecule has 1 unspecified atom stereocenters. The van der Waals surface area contributed by atoms with Gasteiger partial charge in [-0.1, -0.05) is 31.7 Å². The Bertz CT molecular complexity index is 1210. The predicted octanol–water partition coefficient (Wildman–Crippen LogP) is 3.85. The number of nitrogens with zero attached hydrogens (tertiary/aromatic N) is 3. The Balaban J connectivity index is 1.67. The largest absolute Gasteiger partial charge is 0.486 e. The van der Waals surface area contributed by atoms with E-state index in [9.17, 15) is 9.59 Å². The Morgan fingerprint density at radius 1 is 1.26 bits per heavy atom. The highest BCUT2D eigenvalue weighted by Gasteiger charge is 2.28. The predicted molar refractivity (Wildman–Crippen MR) is 131 cm³/mol. The number of fused-ring (bicyclic) bond motifs is 1. The summed E-state index contributed by atoms with van der Waals surface area (Å²) in [5.74, 6) is 1.29. The molecule has 34 heavy (non-hydrogen) atoms. The van der Waals surface area contributed by atoms with Crippen LogP contribution in [0.1, 0.15) is 36.7 Å². The van der Waals surface area contributed by atoms with Crippen molar-refractivity contribution in [2.75, 3.05) is 37.1 Å². The third kappa shape index (κ3) is 4.55. The second-order valence-corrected chi connectivity index (χ2v) is 9.37. The summed E-state index contributed by atoms with van der Waals surface area (Å²) in [4.78, 5) is 26.1. The normalized spacial score (nSPS) is 13.4. The Morgan fingerprint density at radius 2 is 2.03 bits per heavy atom. The van der Waals surface area contributed by atoms with Crippen LogP contribution in [-0.2, 0) is 9.53 Å². The highest BCUT2D eigenvalue weighted by molar-refractivity contribution is 7.99. The Labute approximate surface area is 204 Å². The third-order valence-electron chi connectivity index (χ3n) is 5.24. The molecule has 0 radical (unpaired) electrons. The van der Waals surface area contributed by atoms with Crippen LogP contribution >= 0.6 is 23.1 Å². The number of nitrogens with one attached hydrogen (secondary N) is 1. The molecule has 1 aliphatic rings. The molecule has 1 aliphatic heterocycles. The van der Waals surface area contributed by atoms with E-state index in [-0.39, 0.29) is 17.4 Å². The molecule has 3 aromatic rings. The van der Waals surface area contributed by atoms with Crippen LogP contribution < -0.4 is 20.5 Å². The second kappa shape index (κ2) is 10.3. The van der Waals surface area contributed by atoms with Crippen molar-refractivity contribution in [1.29, 1.82) is 0 Å².